The number of Topliss-reactive ketones (excluding diaryl/α,β-unsaturated/α-hetero) is 4. The lowest BCUT2D eigenvalue weighted by Gasteiger charge is -2.12. The number of benzene rings is 8. The van der Waals surface area contributed by atoms with Crippen molar-refractivity contribution >= 4 is 70.6 Å². The summed E-state index contributed by atoms with van der Waals surface area (Å²) in [6.07, 6.45) is 9.46. The molecule has 0 spiro atoms. The predicted octanol–water partition coefficient (Wildman–Crippen LogP) is 17.2. The molecule has 0 saturated carbocycles. The molecule has 4 aliphatic carbocycles. The topological polar surface area (TPSA) is 288 Å². The number of aromatic nitrogens is 8. The minimum atomic E-state index is -0.929. The van der Waals surface area contributed by atoms with Gasteiger partial charge in [0, 0.05) is 98.0 Å². The van der Waals surface area contributed by atoms with Crippen molar-refractivity contribution in [2.45, 2.75) is 66.6 Å². The molecule has 17 rings (SSSR count). The molecule has 25 heteroatoms. The zero-order chi connectivity index (χ0) is 79.6. The Morgan fingerprint density at radius 3 is 1.11 bits per heavy atom. The van der Waals surface area contributed by atoms with E-state index >= 15 is 0 Å². The lowest BCUT2D eigenvalue weighted by Crippen LogP contribution is -1.99. The molecule has 5 heterocycles. The molecule has 8 aromatic carbocycles. The number of ether oxygens (including phenoxy) is 7. The molecular weight excluding hydrogens is 1490 g/mol. The number of aliphatic hydroxyl groups is 2. The van der Waals surface area contributed by atoms with Gasteiger partial charge < -0.3 is 43.4 Å². The maximum Gasteiger partial charge on any atom is 0.231 e. The lowest BCUT2D eigenvalue weighted by molar-refractivity contribution is 0.103. The Kier molecular flexibility index (Phi) is 22.2. The molecule has 0 radical (unpaired) electrons. The number of fused-ring (bicyclic) bond motifs is 5. The van der Waals surface area contributed by atoms with Crippen LogP contribution in [0.2, 0.25) is 10.0 Å². The molecule has 0 unspecified atom stereocenters. The maximum absolute atomic E-state index is 13.4. The van der Waals surface area contributed by atoms with Gasteiger partial charge in [0.2, 0.25) is 6.79 Å². The summed E-state index contributed by atoms with van der Waals surface area (Å²) in [4.78, 5) is 51.1. The number of halogens is 4. The van der Waals surface area contributed by atoms with Crippen molar-refractivity contribution in [3.63, 3.8) is 0 Å². The van der Waals surface area contributed by atoms with Crippen molar-refractivity contribution in [3.8, 4) is 85.3 Å². The van der Waals surface area contributed by atoms with Crippen LogP contribution < -0.4 is 33.2 Å². The van der Waals surface area contributed by atoms with Crippen LogP contribution >= 0.6 is 23.2 Å². The average Bonchev–Trinajstić information content (AvgIpc) is 1.68. The lowest BCUT2D eigenvalue weighted by atomic mass is 10.0. The number of aliphatic hydroxyl groups excluding tert-OH is 2. The van der Waals surface area contributed by atoms with E-state index in [4.69, 9.17) is 56.4 Å². The first kappa shape index (κ1) is 76.9. The van der Waals surface area contributed by atoms with Gasteiger partial charge in [-0.15, -0.1) is 0 Å². The van der Waals surface area contributed by atoms with Crippen molar-refractivity contribution in [1.29, 1.82) is 0 Å². The quantitative estimate of drug-likeness (QED) is 0.0520. The van der Waals surface area contributed by atoms with E-state index in [-0.39, 0.29) is 43.1 Å². The van der Waals surface area contributed by atoms with Gasteiger partial charge in [-0.1, -0.05) is 29.3 Å². The summed E-state index contributed by atoms with van der Waals surface area (Å²) in [5.74, 6) is 3.31. The Balaban J connectivity index is 0.000000125. The molecule has 21 nitrogen and oxygen atoms in total. The third-order valence-electron chi connectivity index (χ3n) is 20.1. The summed E-state index contributed by atoms with van der Waals surface area (Å²) in [5, 5.41) is 49.1. The second kappa shape index (κ2) is 32.6. The standard InChI is InChI=1S/C24H24N2O5.C22H18N2O4.C21H16Cl2N2O2.C21H16F2N2O2/c1-13-4-19-14(8-22(13)30-2)5-16(24(19)29)7-18-10-21(26-25-18)15-6-17(11-27)20(12-28)23(9-15)31-3;1-12-5-17-14(9-20(12)26-2)6-15(22(17)25)7-16-10-18(24-23-16)13-3-4-19-21(8-13)28-11-27-19;2*1-11-5-16-13(9-20(11)27-2)6-14(21(16)26)7-15-10-19(25-24-15)12-3-4-17(22)18(23)8-12/h4,6-10,27-28H,5,11-12H2,1-3H3,(H,25,26);3-5,7-10H,6,11H2,1-2H3,(H,23,24);2*3-5,7-10H,6H2,1-2H3,(H,24,25)/b16-7+;15-7+;2*14-7+. The molecule has 113 heavy (non-hydrogen) atoms. The molecule has 12 aromatic rings. The molecule has 0 amide bonds. The number of hydrogen-bond donors (Lipinski definition) is 6. The molecular formula is C88H74Cl2F2N8O13. The molecule has 0 saturated heterocycles. The number of aromatic amines is 4. The zero-order valence-electron chi connectivity index (χ0n) is 62.7. The van der Waals surface area contributed by atoms with Crippen molar-refractivity contribution < 1.29 is 71.3 Å². The number of ketones is 4. The zero-order valence-corrected chi connectivity index (χ0v) is 64.2. The van der Waals surface area contributed by atoms with Crippen molar-refractivity contribution in [2.75, 3.05) is 42.3 Å². The summed E-state index contributed by atoms with van der Waals surface area (Å²) in [7, 11) is 8.02. The second-order valence-corrected chi connectivity index (χ2v) is 28.2. The number of rotatable bonds is 15. The Morgan fingerprint density at radius 2 is 0.743 bits per heavy atom. The van der Waals surface area contributed by atoms with Gasteiger partial charge >= 0.3 is 0 Å². The van der Waals surface area contributed by atoms with Gasteiger partial charge in [-0.05, 0) is 236 Å². The first-order valence-corrected chi connectivity index (χ1v) is 36.4. The number of nitrogens with one attached hydrogen (secondary N) is 4. The second-order valence-electron chi connectivity index (χ2n) is 27.4. The SMILES string of the molecule is COc1cc2c(cc1C)C(=O)/C(=C/c1cc(-c3cc(CO)c(CO)c(OC)c3)n[nH]1)C2.COc1cc2c(cc1C)C(=O)/C(=C/c1cc(-c3ccc(Cl)c(Cl)c3)n[nH]1)C2.COc1cc2c(cc1C)C(=O)/C(=C/c1cc(-c3ccc(F)c(F)c3)n[nH]1)C2.COc1cc2c(cc1C)C(=O)/C(=C/c1cc(-c3ccc4c(c3)OCO4)n[nH]1)C2. The number of nitrogens with zero attached hydrogens (tertiary/aromatic N) is 4. The largest absolute Gasteiger partial charge is 0.496 e. The van der Waals surface area contributed by atoms with E-state index in [1.54, 1.807) is 64.8 Å². The van der Waals surface area contributed by atoms with Crippen LogP contribution in [0.5, 0.6) is 40.2 Å². The summed E-state index contributed by atoms with van der Waals surface area (Å²) in [6.45, 7) is 7.49. The van der Waals surface area contributed by atoms with Gasteiger partial charge in [-0.25, -0.2) is 8.78 Å². The number of H-pyrrole nitrogens is 4. The van der Waals surface area contributed by atoms with Gasteiger partial charge in [0.05, 0.1) is 104 Å². The Hall–Kier alpha value is -12.8. The van der Waals surface area contributed by atoms with Crippen LogP contribution in [0, 0.1) is 39.3 Å². The van der Waals surface area contributed by atoms with E-state index in [0.717, 1.165) is 147 Å². The fourth-order valence-corrected chi connectivity index (χ4v) is 14.5. The summed E-state index contributed by atoms with van der Waals surface area (Å²) in [5.41, 5.74) is 22.9. The van der Waals surface area contributed by atoms with Crippen LogP contribution in [-0.2, 0) is 38.9 Å². The van der Waals surface area contributed by atoms with Crippen LogP contribution in [0.3, 0.4) is 0 Å². The van der Waals surface area contributed by atoms with Crippen LogP contribution in [-0.4, -0.2) is 116 Å². The van der Waals surface area contributed by atoms with Crippen molar-refractivity contribution in [2.24, 2.45) is 0 Å². The van der Waals surface area contributed by atoms with Gasteiger partial charge in [0.25, 0.3) is 0 Å². The summed E-state index contributed by atoms with van der Waals surface area (Å²) >= 11 is 12.0. The highest BCUT2D eigenvalue weighted by Crippen LogP contribution is 2.41. The van der Waals surface area contributed by atoms with Crippen LogP contribution in [0.4, 0.5) is 8.78 Å². The highest BCUT2D eigenvalue weighted by Gasteiger charge is 2.31. The molecule has 5 aliphatic rings. The molecule has 1 aliphatic heterocycles. The van der Waals surface area contributed by atoms with E-state index in [1.807, 2.05) is 137 Å². The highest BCUT2D eigenvalue weighted by molar-refractivity contribution is 6.42. The number of hydrogen-bond acceptors (Lipinski definition) is 17. The normalized spacial score (nSPS) is 14.9. The summed E-state index contributed by atoms with van der Waals surface area (Å²) < 4.78 is 64.1. The molecule has 0 bridgehead atoms. The molecule has 6 N–H and O–H groups in total. The minimum absolute atomic E-state index is 0.00781. The fourth-order valence-electron chi connectivity index (χ4n) is 14.2. The van der Waals surface area contributed by atoms with Crippen LogP contribution in [0.25, 0.3) is 69.3 Å². The van der Waals surface area contributed by atoms with E-state index < -0.39 is 11.6 Å². The average molecular weight is 1560 g/mol. The number of carbonyl (C=O) groups is 4. The smallest absolute Gasteiger partial charge is 0.231 e. The van der Waals surface area contributed by atoms with Crippen molar-refractivity contribution in [1.82, 2.24) is 40.8 Å². The summed E-state index contributed by atoms with van der Waals surface area (Å²) in [6, 6.07) is 40.8. The number of carbonyl (C=O) groups excluding carboxylic acids is 4. The first-order valence-electron chi connectivity index (χ1n) is 35.7. The van der Waals surface area contributed by atoms with Gasteiger partial charge in [-0.2, -0.15) is 20.4 Å². The first-order chi connectivity index (χ1) is 54.5. The van der Waals surface area contributed by atoms with Gasteiger partial charge in [0.15, 0.2) is 46.3 Å². The Morgan fingerprint density at radius 1 is 0.389 bits per heavy atom. The fraction of sp³-hybridized carbons (Fsp3) is 0.182. The Bertz CT molecular complexity index is 5780. The van der Waals surface area contributed by atoms with Crippen LogP contribution in [0.1, 0.15) is 120 Å². The van der Waals surface area contributed by atoms with Crippen molar-refractivity contribution in [3.05, 3.63) is 284 Å². The highest BCUT2D eigenvalue weighted by atomic mass is 35.5. The molecule has 0 fully saturated rings. The van der Waals surface area contributed by atoms with E-state index in [1.165, 1.54) is 13.2 Å². The van der Waals surface area contributed by atoms with E-state index in [9.17, 15) is 38.2 Å². The van der Waals surface area contributed by atoms with Crippen LogP contribution in [0.15, 0.2) is 162 Å². The number of methoxy groups -OCH3 is 5. The monoisotopic (exact) mass is 1560 g/mol. The van der Waals surface area contributed by atoms with Gasteiger partial charge in [0.1, 0.15) is 28.7 Å². The maximum atomic E-state index is 13.4. The molecule has 0 atom stereocenters. The molecule has 4 aromatic heterocycles. The third-order valence-corrected chi connectivity index (χ3v) is 20.8. The van der Waals surface area contributed by atoms with E-state index in [2.05, 4.69) is 40.8 Å². The minimum Gasteiger partial charge on any atom is -0.496 e. The number of allylic oxidation sites excluding steroid dienone is 4. The third kappa shape index (κ3) is 16.0. The Labute approximate surface area is 657 Å². The van der Waals surface area contributed by atoms with Gasteiger partial charge in [-0.3, -0.25) is 39.6 Å². The number of aryl methyl sites for hydroxylation is 4. The molecule has 572 valence electrons. The predicted molar refractivity (Wildman–Crippen MR) is 426 cm³/mol. The van der Waals surface area contributed by atoms with E-state index in [0.29, 0.717) is 109 Å².